The van der Waals surface area contributed by atoms with E-state index in [1.165, 1.54) is 82.6 Å². The SMILES string of the molecule is C.CC(C)(C)[C@@H](O)C1CC1.CC(C)C(F)(F)C1CC1.CC(C)C(O)C(C)(C)C.CC(C)C(O)C1CC1.CC(C)[C@H](O)C1CC1.CCC(F)(F)C(C)(C)C.CCC(O)C(C)(C)C.CN=C(C(C)C)C(C)(C)C.CN=C(C1CC1)C(C)(C)C.CO/N=C(\C(C)C)C(C)(C)C.COC(C(C)C)C1CC1.COCC(C)C.COCCC(O)C(C)C. The molecule has 6 fully saturated rings. The number of methoxy groups -OCH3 is 3. The summed E-state index contributed by atoms with van der Waals surface area (Å²) in [6.45, 7) is 84.9. The molecule has 6 saturated carbocycles. The molecule has 6 rings (SSSR count). The van der Waals surface area contributed by atoms with E-state index in [2.05, 4.69) is 202 Å². The first kappa shape index (κ1) is 130. The highest BCUT2D eigenvalue weighted by Crippen LogP contribution is 2.47. The van der Waals surface area contributed by atoms with Gasteiger partial charge in [-0.3, -0.25) is 9.98 Å². The van der Waals surface area contributed by atoms with Gasteiger partial charge in [0.05, 0.1) is 48.4 Å². The van der Waals surface area contributed by atoms with Crippen LogP contribution in [0.2, 0.25) is 0 Å². The van der Waals surface area contributed by atoms with Crippen LogP contribution in [0.3, 0.4) is 0 Å². The van der Waals surface area contributed by atoms with Gasteiger partial charge in [0.15, 0.2) is 0 Å². The minimum Gasteiger partial charge on any atom is -0.399 e. The van der Waals surface area contributed by atoms with Crippen molar-refractivity contribution in [3.05, 3.63) is 0 Å². The number of halogens is 4. The lowest BCUT2D eigenvalue weighted by Crippen LogP contribution is -2.32. The average Bonchev–Trinajstić information content (AvgIpc) is 1.68. The fourth-order valence-electron chi connectivity index (χ4n) is 12.7. The topological polar surface area (TPSA) is 195 Å². The van der Waals surface area contributed by atoms with E-state index >= 15 is 0 Å². The van der Waals surface area contributed by atoms with Gasteiger partial charge in [-0.1, -0.05) is 296 Å². The molecule has 116 heavy (non-hydrogen) atoms. The molecule has 0 spiro atoms. The summed E-state index contributed by atoms with van der Waals surface area (Å²) in [4.78, 5) is 13.4. The number of ether oxygens (including phenoxy) is 3. The lowest BCUT2D eigenvalue weighted by atomic mass is 9.83. The Hall–Kier alpha value is -1.83. The smallest absolute Gasteiger partial charge is 0.253 e. The molecule has 7 atom stereocenters. The first-order valence-corrected chi connectivity index (χ1v) is 45.1. The van der Waals surface area contributed by atoms with E-state index in [-0.39, 0.29) is 83.5 Å². The van der Waals surface area contributed by atoms with E-state index in [0.29, 0.717) is 83.2 Å². The third-order valence-electron chi connectivity index (χ3n) is 20.8. The van der Waals surface area contributed by atoms with Crippen molar-refractivity contribution >= 4 is 17.1 Å². The third-order valence-corrected chi connectivity index (χ3v) is 20.8. The molecule has 0 amide bonds. The van der Waals surface area contributed by atoms with Crippen molar-refractivity contribution in [2.45, 2.75) is 442 Å². The second-order valence-electron chi connectivity index (χ2n) is 44.0. The first-order chi connectivity index (χ1) is 51.7. The summed E-state index contributed by atoms with van der Waals surface area (Å²) in [6.07, 6.45) is 15.8. The quantitative estimate of drug-likeness (QED) is 0.0325. The fourth-order valence-corrected chi connectivity index (χ4v) is 12.7. The van der Waals surface area contributed by atoms with Crippen LogP contribution in [0.4, 0.5) is 17.6 Å². The summed E-state index contributed by atoms with van der Waals surface area (Å²) in [5.74, 6) is 1.97. The van der Waals surface area contributed by atoms with Gasteiger partial charge in [0.25, 0.3) is 11.8 Å². The number of alkyl halides is 4. The number of nitrogens with zero attached hydrogens (tertiary/aromatic N) is 3. The maximum Gasteiger partial charge on any atom is 0.253 e. The molecular formula is C99H207F4N3O10. The molecule has 706 valence electrons. The van der Waals surface area contributed by atoms with E-state index in [9.17, 15) is 48.2 Å². The van der Waals surface area contributed by atoms with Crippen molar-refractivity contribution in [3.63, 3.8) is 0 Å². The molecule has 6 aliphatic rings. The molecule has 17 heteroatoms. The van der Waals surface area contributed by atoms with Crippen LogP contribution in [0.5, 0.6) is 0 Å². The van der Waals surface area contributed by atoms with Gasteiger partial charge in [0.2, 0.25) is 0 Å². The Kier molecular flexibility index (Phi) is 69.7. The maximum absolute atomic E-state index is 12.7. The van der Waals surface area contributed by atoms with Crippen molar-refractivity contribution in [2.24, 2.45) is 142 Å². The molecule has 0 bridgehead atoms. The summed E-state index contributed by atoms with van der Waals surface area (Å²) >= 11 is 0. The van der Waals surface area contributed by atoms with Crippen LogP contribution in [0.1, 0.15) is 388 Å². The van der Waals surface area contributed by atoms with Gasteiger partial charge in [-0.15, -0.1) is 0 Å². The van der Waals surface area contributed by atoms with E-state index in [4.69, 9.17) is 19.0 Å². The Bertz CT molecular complexity index is 2290. The standard InChI is InChI=1S/C9H19NO.C9H17N.C9H19N.2C8H16O.C8H18O.C7H12F2.C7H14F2.C7H16O2.2C7H14O.C7H16O.C5H12O.CH4/c1-7(2)8(10-11-6)9(3,4)5;1-9(2,3)8(10-4)7-5-6-7;1-7(2)8(10-6)9(3,4)5;1-8(2,3)7(9)6-4-5-6;1-6(2)8(9-3)7-4-5-7;1-6(2)7(9)8(3,4)5;1-5(2)7(8,9)6-3-4-6;1-5-7(8,9)6(2,3)4;1-6(2)7(8)4-5-9-3;2*1-5(2)7(8)6-3-4-6;1-5-6(8)7(2,3)4;1-5(2)4-6-3;/h7H,1-6H3;7H,5-6H2,1-4H3;7H,1-6H3;6-7,9H,4-5H2,1-3H3;6-8H,4-5H2,1-3H3;6-7,9H,1-5H3;5-6H,3-4H2,1-2H3;5H2,1-4H3;6-8H,4-5H2,1-3H3;2*5-8H,3-4H2,1-2H3;6,8H,5H2,1-4H3;5H,4H2,1-3H3;1H4/b10-8+;;;;;;;;;;;;;/t;;;7-;;;;;;7-;;;;/m...0.....0..../s1. The molecule has 5 unspecified atom stereocenters. The predicted octanol–water partition coefficient (Wildman–Crippen LogP) is 27.2. The van der Waals surface area contributed by atoms with Crippen LogP contribution >= 0.6 is 0 Å². The average molecular weight is 1680 g/mol. The molecular weight excluding hydrogens is 1470 g/mol. The molecule has 0 aliphatic heterocycles. The molecule has 0 aromatic rings. The molecule has 0 saturated heterocycles. The predicted molar refractivity (Wildman–Crippen MR) is 500 cm³/mol. The number of oxime groups is 1. The summed E-state index contributed by atoms with van der Waals surface area (Å²) in [7, 11) is 10.6. The highest BCUT2D eigenvalue weighted by atomic mass is 19.3. The monoisotopic (exact) mass is 1670 g/mol. The van der Waals surface area contributed by atoms with E-state index in [0.717, 1.165) is 49.8 Å². The molecule has 0 radical (unpaired) electrons. The van der Waals surface area contributed by atoms with Crippen molar-refractivity contribution in [1.82, 2.24) is 0 Å². The Labute approximate surface area is 720 Å². The molecule has 6 N–H and O–H groups in total. The van der Waals surface area contributed by atoms with E-state index in [1.54, 1.807) is 55.9 Å². The zero-order valence-electron chi connectivity index (χ0n) is 84.9. The Morgan fingerprint density at radius 2 is 0.810 bits per heavy atom. The minimum atomic E-state index is -2.52. The Balaban J connectivity index is -0.000000182. The molecule has 13 nitrogen and oxygen atoms in total. The summed E-state index contributed by atoms with van der Waals surface area (Å²) in [5, 5.41) is 59.9. The second-order valence-corrected chi connectivity index (χ2v) is 44.0. The molecule has 0 aromatic heterocycles. The minimum absolute atomic E-state index is 0. The van der Waals surface area contributed by atoms with Crippen LogP contribution < -0.4 is 0 Å². The van der Waals surface area contributed by atoms with Gasteiger partial charge in [0.1, 0.15) is 7.11 Å². The summed E-state index contributed by atoms with van der Waals surface area (Å²) in [5.41, 5.74) is 3.79. The zero-order chi connectivity index (χ0) is 92.9. The maximum atomic E-state index is 12.7. The molecule has 0 aromatic carbocycles. The van der Waals surface area contributed by atoms with Crippen molar-refractivity contribution in [2.75, 3.05) is 55.7 Å². The van der Waals surface area contributed by atoms with Crippen LogP contribution in [0, 0.1) is 127 Å². The summed E-state index contributed by atoms with van der Waals surface area (Å²) < 4.78 is 65.7. The Morgan fingerprint density at radius 1 is 0.431 bits per heavy atom. The van der Waals surface area contributed by atoms with Gasteiger partial charge in [0, 0.05) is 100.0 Å². The Morgan fingerprint density at radius 3 is 0.888 bits per heavy atom. The number of rotatable bonds is 23. The molecule has 0 heterocycles. The second kappa shape index (κ2) is 62.3. The van der Waals surface area contributed by atoms with Crippen molar-refractivity contribution in [1.29, 1.82) is 0 Å². The lowest BCUT2D eigenvalue weighted by molar-refractivity contribution is -0.0986. The van der Waals surface area contributed by atoms with Gasteiger partial charge >= 0.3 is 0 Å². The largest absolute Gasteiger partial charge is 0.399 e. The van der Waals surface area contributed by atoms with Gasteiger partial charge in [-0.05, 0) is 183 Å². The highest BCUT2D eigenvalue weighted by molar-refractivity contribution is 5.93. The van der Waals surface area contributed by atoms with Crippen molar-refractivity contribution < 1.29 is 67.2 Å². The van der Waals surface area contributed by atoms with Crippen molar-refractivity contribution in [3.8, 4) is 0 Å². The number of aliphatic hydroxyl groups excluding tert-OH is 6. The van der Waals surface area contributed by atoms with E-state index < -0.39 is 23.2 Å². The van der Waals surface area contributed by atoms with Crippen LogP contribution in [0.15, 0.2) is 15.1 Å². The van der Waals surface area contributed by atoms with Crippen LogP contribution in [-0.2, 0) is 19.0 Å². The van der Waals surface area contributed by atoms with Gasteiger partial charge in [-0.25, -0.2) is 17.6 Å². The third kappa shape index (κ3) is 68.6. The molecule has 6 aliphatic carbocycles. The fraction of sp³-hybridized carbons (Fsp3) is 0.970. The van der Waals surface area contributed by atoms with Gasteiger partial charge in [-0.2, -0.15) is 0 Å². The first-order valence-electron chi connectivity index (χ1n) is 45.1. The van der Waals surface area contributed by atoms with E-state index in [1.807, 2.05) is 76.6 Å². The number of aliphatic imine (C=N–C) groups is 2. The van der Waals surface area contributed by atoms with Crippen LogP contribution in [0.25, 0.3) is 0 Å². The summed E-state index contributed by atoms with van der Waals surface area (Å²) in [6, 6.07) is 0. The lowest BCUT2D eigenvalue weighted by Gasteiger charge is -2.28. The number of aliphatic hydroxyl groups is 6. The number of hydrogen-bond donors (Lipinski definition) is 6. The zero-order valence-corrected chi connectivity index (χ0v) is 84.9. The van der Waals surface area contributed by atoms with Crippen LogP contribution in [-0.4, -0.2) is 158 Å². The highest BCUT2D eigenvalue weighted by Gasteiger charge is 2.49. The normalized spacial score (nSPS) is 18.1. The van der Waals surface area contributed by atoms with Gasteiger partial charge < -0.3 is 49.7 Å². The number of hydrogen-bond acceptors (Lipinski definition) is 13.